The van der Waals surface area contributed by atoms with Crippen molar-refractivity contribution in [2.45, 2.75) is 6.42 Å². The standard InChI is InChI=1S/C15H17N5O/c1-21-12-4-2-3-11(9-12)5-6-17-14-15-18-7-8-20(15)10-13(16)19-14/h2-4,7-10H,5-6,16H2,1H3,(H,17,19). The zero-order valence-corrected chi connectivity index (χ0v) is 11.8. The smallest absolute Gasteiger partial charge is 0.180 e. The van der Waals surface area contributed by atoms with Crippen LogP contribution < -0.4 is 15.8 Å². The van der Waals surface area contributed by atoms with Crippen molar-refractivity contribution in [2.75, 3.05) is 24.7 Å². The third-order valence-corrected chi connectivity index (χ3v) is 3.23. The molecule has 0 saturated heterocycles. The lowest BCUT2D eigenvalue weighted by molar-refractivity contribution is 0.414. The number of methoxy groups -OCH3 is 1. The Morgan fingerprint density at radius 1 is 1.38 bits per heavy atom. The minimum atomic E-state index is 0.462. The minimum absolute atomic E-state index is 0.462. The van der Waals surface area contributed by atoms with Gasteiger partial charge in [-0.25, -0.2) is 9.97 Å². The van der Waals surface area contributed by atoms with Gasteiger partial charge in [0.25, 0.3) is 0 Å². The molecule has 2 heterocycles. The van der Waals surface area contributed by atoms with Gasteiger partial charge in [-0.05, 0) is 24.1 Å². The molecule has 108 valence electrons. The molecule has 3 aromatic rings. The highest BCUT2D eigenvalue weighted by atomic mass is 16.5. The quantitative estimate of drug-likeness (QED) is 0.748. The average Bonchev–Trinajstić information content (AvgIpc) is 2.95. The highest BCUT2D eigenvalue weighted by Crippen LogP contribution is 2.16. The van der Waals surface area contributed by atoms with Crippen LogP contribution in [0.1, 0.15) is 5.56 Å². The number of nitrogens with zero attached hydrogens (tertiary/aromatic N) is 3. The fourth-order valence-corrected chi connectivity index (χ4v) is 2.22. The van der Waals surface area contributed by atoms with E-state index in [4.69, 9.17) is 10.5 Å². The van der Waals surface area contributed by atoms with Crippen LogP contribution in [0.25, 0.3) is 5.65 Å². The van der Waals surface area contributed by atoms with E-state index in [1.807, 2.05) is 28.8 Å². The molecule has 0 aliphatic carbocycles. The molecule has 0 aliphatic heterocycles. The average molecular weight is 283 g/mol. The summed E-state index contributed by atoms with van der Waals surface area (Å²) in [5.74, 6) is 2.03. The van der Waals surface area contributed by atoms with Crippen LogP contribution in [0.5, 0.6) is 5.75 Å². The highest BCUT2D eigenvalue weighted by Gasteiger charge is 2.05. The van der Waals surface area contributed by atoms with Gasteiger partial charge >= 0.3 is 0 Å². The fourth-order valence-electron chi connectivity index (χ4n) is 2.22. The molecule has 1 aromatic carbocycles. The topological polar surface area (TPSA) is 77.5 Å². The van der Waals surface area contributed by atoms with Gasteiger partial charge < -0.3 is 20.2 Å². The molecule has 0 radical (unpaired) electrons. The van der Waals surface area contributed by atoms with E-state index < -0.39 is 0 Å². The Labute approximate surface area is 122 Å². The number of fused-ring (bicyclic) bond motifs is 1. The molecule has 6 heteroatoms. The lowest BCUT2D eigenvalue weighted by Gasteiger charge is -2.08. The molecule has 2 aromatic heterocycles. The lowest BCUT2D eigenvalue weighted by Crippen LogP contribution is -2.09. The number of imidazole rings is 1. The zero-order valence-electron chi connectivity index (χ0n) is 11.8. The van der Waals surface area contributed by atoms with Gasteiger partial charge in [0, 0.05) is 18.9 Å². The molecule has 0 unspecified atom stereocenters. The molecule has 6 nitrogen and oxygen atoms in total. The maximum absolute atomic E-state index is 5.79. The second kappa shape index (κ2) is 5.70. The van der Waals surface area contributed by atoms with Crippen LogP contribution in [-0.2, 0) is 6.42 Å². The third kappa shape index (κ3) is 2.89. The van der Waals surface area contributed by atoms with Crippen LogP contribution in [0.2, 0.25) is 0 Å². The first-order valence-electron chi connectivity index (χ1n) is 6.72. The van der Waals surface area contributed by atoms with Crippen LogP contribution in [0.15, 0.2) is 42.9 Å². The third-order valence-electron chi connectivity index (χ3n) is 3.23. The molecule has 0 spiro atoms. The Bertz CT molecular complexity index is 753. The Balaban J connectivity index is 1.70. The molecule has 3 rings (SSSR count). The van der Waals surface area contributed by atoms with E-state index >= 15 is 0 Å². The van der Waals surface area contributed by atoms with Gasteiger partial charge in [-0.15, -0.1) is 0 Å². The van der Waals surface area contributed by atoms with Gasteiger partial charge in [-0.3, -0.25) is 0 Å². The summed E-state index contributed by atoms with van der Waals surface area (Å²) in [5, 5.41) is 3.29. The monoisotopic (exact) mass is 283 g/mol. The Kier molecular flexibility index (Phi) is 3.59. The van der Waals surface area contributed by atoms with Gasteiger partial charge in [0.2, 0.25) is 0 Å². The SMILES string of the molecule is COc1cccc(CCNc2nc(N)cn3ccnc23)c1. The Morgan fingerprint density at radius 2 is 2.29 bits per heavy atom. The minimum Gasteiger partial charge on any atom is -0.497 e. The summed E-state index contributed by atoms with van der Waals surface area (Å²) in [6, 6.07) is 8.02. The van der Waals surface area contributed by atoms with Crippen molar-refractivity contribution in [3.63, 3.8) is 0 Å². The predicted octanol–water partition coefficient (Wildman–Crippen LogP) is 1.97. The van der Waals surface area contributed by atoms with Crippen LogP contribution in [-0.4, -0.2) is 28.0 Å². The molecule has 0 saturated carbocycles. The normalized spacial score (nSPS) is 10.7. The van der Waals surface area contributed by atoms with E-state index in [9.17, 15) is 0 Å². The van der Waals surface area contributed by atoms with Crippen LogP contribution in [0.4, 0.5) is 11.6 Å². The molecule has 0 aliphatic rings. The van der Waals surface area contributed by atoms with Crippen molar-refractivity contribution in [1.29, 1.82) is 0 Å². The summed E-state index contributed by atoms with van der Waals surface area (Å²) in [6.45, 7) is 0.742. The van der Waals surface area contributed by atoms with Crippen molar-refractivity contribution < 1.29 is 4.74 Å². The first-order chi connectivity index (χ1) is 10.3. The molecule has 0 amide bonds. The molecule has 3 N–H and O–H groups in total. The van der Waals surface area contributed by atoms with Crippen LogP contribution >= 0.6 is 0 Å². The number of hydrogen-bond donors (Lipinski definition) is 2. The van der Waals surface area contributed by atoms with Gasteiger partial charge in [-0.2, -0.15) is 0 Å². The maximum Gasteiger partial charge on any atom is 0.180 e. The molecule has 0 fully saturated rings. The summed E-state index contributed by atoms with van der Waals surface area (Å²) in [4.78, 5) is 8.57. The van der Waals surface area contributed by atoms with Gasteiger partial charge in [0.1, 0.15) is 11.6 Å². The van der Waals surface area contributed by atoms with Crippen molar-refractivity contribution in [2.24, 2.45) is 0 Å². The van der Waals surface area contributed by atoms with Crippen molar-refractivity contribution in [1.82, 2.24) is 14.4 Å². The summed E-state index contributed by atoms with van der Waals surface area (Å²) in [7, 11) is 1.67. The number of rotatable bonds is 5. The maximum atomic E-state index is 5.79. The van der Waals surface area contributed by atoms with Crippen LogP contribution in [0, 0.1) is 0 Å². The van der Waals surface area contributed by atoms with Crippen molar-refractivity contribution in [3.8, 4) is 5.75 Å². The van der Waals surface area contributed by atoms with E-state index in [2.05, 4.69) is 21.4 Å². The predicted molar refractivity (Wildman–Crippen MR) is 82.6 cm³/mol. The Hall–Kier alpha value is -2.76. The molecular weight excluding hydrogens is 266 g/mol. The van der Waals surface area contributed by atoms with E-state index in [1.54, 1.807) is 19.5 Å². The largest absolute Gasteiger partial charge is 0.497 e. The van der Waals surface area contributed by atoms with Crippen molar-refractivity contribution >= 4 is 17.3 Å². The lowest BCUT2D eigenvalue weighted by atomic mass is 10.1. The summed E-state index contributed by atoms with van der Waals surface area (Å²) in [5.41, 5.74) is 7.76. The Morgan fingerprint density at radius 3 is 3.14 bits per heavy atom. The summed E-state index contributed by atoms with van der Waals surface area (Å²) < 4.78 is 7.08. The number of nitrogens with one attached hydrogen (secondary N) is 1. The van der Waals surface area contributed by atoms with Gasteiger partial charge in [0.15, 0.2) is 11.5 Å². The number of ether oxygens (including phenoxy) is 1. The molecule has 0 atom stereocenters. The highest BCUT2D eigenvalue weighted by molar-refractivity contribution is 5.64. The number of benzene rings is 1. The first kappa shape index (κ1) is 13.2. The first-order valence-corrected chi connectivity index (χ1v) is 6.72. The number of hydrogen-bond acceptors (Lipinski definition) is 5. The van der Waals surface area contributed by atoms with E-state index in [-0.39, 0.29) is 0 Å². The number of aromatic nitrogens is 3. The molecule has 0 bridgehead atoms. The molecule has 21 heavy (non-hydrogen) atoms. The fraction of sp³-hybridized carbons (Fsp3) is 0.200. The molecular formula is C15H17N5O. The van der Waals surface area contributed by atoms with E-state index in [0.29, 0.717) is 11.6 Å². The van der Waals surface area contributed by atoms with Gasteiger partial charge in [0.05, 0.1) is 13.3 Å². The van der Waals surface area contributed by atoms with E-state index in [0.717, 1.165) is 24.4 Å². The zero-order chi connectivity index (χ0) is 14.7. The van der Waals surface area contributed by atoms with E-state index in [1.165, 1.54) is 5.56 Å². The number of anilines is 2. The number of nitrogens with two attached hydrogens (primary N) is 1. The summed E-state index contributed by atoms with van der Waals surface area (Å²) >= 11 is 0. The second-order valence-electron chi connectivity index (χ2n) is 4.70. The number of nitrogen functional groups attached to an aromatic ring is 1. The summed E-state index contributed by atoms with van der Waals surface area (Å²) in [6.07, 6.45) is 6.18. The van der Waals surface area contributed by atoms with Crippen LogP contribution in [0.3, 0.4) is 0 Å². The second-order valence-corrected chi connectivity index (χ2v) is 4.70. The van der Waals surface area contributed by atoms with Gasteiger partial charge in [-0.1, -0.05) is 12.1 Å². The van der Waals surface area contributed by atoms with Crippen molar-refractivity contribution in [3.05, 3.63) is 48.4 Å².